The summed E-state index contributed by atoms with van der Waals surface area (Å²) in [6.07, 6.45) is 1.92. The SMILES string of the molecule is C=Cc1cccc2c1N(C)Cc1cc(OCc3ccccc3)c(OCc3ccccc3)cc1-2. The molecule has 0 fully saturated rings. The van der Waals surface area contributed by atoms with Gasteiger partial charge in [0.2, 0.25) is 0 Å². The molecule has 0 spiro atoms. The van der Waals surface area contributed by atoms with E-state index in [0.29, 0.717) is 13.2 Å². The lowest BCUT2D eigenvalue weighted by Gasteiger charge is -2.32. The van der Waals surface area contributed by atoms with Gasteiger partial charge in [0.25, 0.3) is 0 Å². The molecule has 0 N–H and O–H groups in total. The first-order valence-corrected chi connectivity index (χ1v) is 11.2. The van der Waals surface area contributed by atoms with E-state index in [-0.39, 0.29) is 0 Å². The molecule has 1 heterocycles. The molecule has 164 valence electrons. The van der Waals surface area contributed by atoms with Crippen molar-refractivity contribution in [3.8, 4) is 22.6 Å². The van der Waals surface area contributed by atoms with Gasteiger partial charge in [0.1, 0.15) is 13.2 Å². The molecule has 0 aliphatic carbocycles. The Kier molecular flexibility index (Phi) is 5.86. The maximum absolute atomic E-state index is 6.32. The third-order valence-electron chi connectivity index (χ3n) is 6.01. The molecule has 4 aromatic carbocycles. The number of hydrogen-bond donors (Lipinski definition) is 0. The molecular formula is C30H27NO2. The first-order chi connectivity index (χ1) is 16.2. The lowest BCUT2D eigenvalue weighted by Crippen LogP contribution is -2.22. The minimum Gasteiger partial charge on any atom is -0.485 e. The molecule has 0 saturated carbocycles. The van der Waals surface area contributed by atoms with Gasteiger partial charge >= 0.3 is 0 Å². The predicted molar refractivity (Wildman–Crippen MR) is 136 cm³/mol. The van der Waals surface area contributed by atoms with Crippen molar-refractivity contribution in [1.82, 2.24) is 0 Å². The van der Waals surface area contributed by atoms with Gasteiger partial charge in [0, 0.05) is 19.2 Å². The highest BCUT2D eigenvalue weighted by Gasteiger charge is 2.24. The molecule has 0 saturated heterocycles. The lowest BCUT2D eigenvalue weighted by molar-refractivity contribution is 0.256. The highest BCUT2D eigenvalue weighted by molar-refractivity contribution is 5.89. The van der Waals surface area contributed by atoms with Crippen LogP contribution in [0.2, 0.25) is 0 Å². The molecule has 0 atom stereocenters. The Balaban J connectivity index is 1.54. The Morgan fingerprint density at radius 3 is 1.97 bits per heavy atom. The summed E-state index contributed by atoms with van der Waals surface area (Å²) in [6, 6.07) is 31.1. The number of anilines is 1. The van der Waals surface area contributed by atoms with E-state index in [4.69, 9.17) is 9.47 Å². The van der Waals surface area contributed by atoms with E-state index in [1.807, 2.05) is 42.5 Å². The number of fused-ring (bicyclic) bond motifs is 3. The van der Waals surface area contributed by atoms with Crippen LogP contribution in [0.3, 0.4) is 0 Å². The lowest BCUT2D eigenvalue weighted by atomic mass is 9.91. The fourth-order valence-electron chi connectivity index (χ4n) is 4.38. The van der Waals surface area contributed by atoms with E-state index in [0.717, 1.165) is 34.7 Å². The van der Waals surface area contributed by atoms with E-state index in [9.17, 15) is 0 Å². The van der Waals surface area contributed by atoms with Crippen molar-refractivity contribution in [3.63, 3.8) is 0 Å². The highest BCUT2D eigenvalue weighted by atomic mass is 16.5. The van der Waals surface area contributed by atoms with Crippen LogP contribution in [0.4, 0.5) is 5.69 Å². The largest absolute Gasteiger partial charge is 0.485 e. The minimum atomic E-state index is 0.487. The van der Waals surface area contributed by atoms with Gasteiger partial charge in [-0.05, 0) is 39.9 Å². The van der Waals surface area contributed by atoms with Crippen molar-refractivity contribution in [1.29, 1.82) is 0 Å². The van der Waals surface area contributed by atoms with Crippen LogP contribution in [0.1, 0.15) is 22.3 Å². The summed E-state index contributed by atoms with van der Waals surface area (Å²) in [7, 11) is 2.12. The molecule has 1 aliphatic rings. The molecule has 33 heavy (non-hydrogen) atoms. The Bertz CT molecular complexity index is 1270. The molecule has 0 aromatic heterocycles. The summed E-state index contributed by atoms with van der Waals surface area (Å²) < 4.78 is 12.6. The molecule has 5 rings (SSSR count). The Labute approximate surface area is 195 Å². The number of benzene rings is 4. The van der Waals surface area contributed by atoms with Crippen LogP contribution in [0, 0.1) is 0 Å². The zero-order valence-electron chi connectivity index (χ0n) is 18.8. The maximum atomic E-state index is 6.32. The average Bonchev–Trinajstić information content (AvgIpc) is 2.87. The highest BCUT2D eigenvalue weighted by Crippen LogP contribution is 2.45. The Morgan fingerprint density at radius 1 is 0.758 bits per heavy atom. The second-order valence-corrected chi connectivity index (χ2v) is 8.31. The maximum Gasteiger partial charge on any atom is 0.162 e. The normalized spacial score (nSPS) is 12.0. The summed E-state index contributed by atoms with van der Waals surface area (Å²) in [6.45, 7) is 5.79. The summed E-state index contributed by atoms with van der Waals surface area (Å²) in [5.74, 6) is 1.53. The zero-order valence-corrected chi connectivity index (χ0v) is 18.8. The van der Waals surface area contributed by atoms with E-state index in [2.05, 4.69) is 73.1 Å². The van der Waals surface area contributed by atoms with Crippen LogP contribution in [0.5, 0.6) is 11.5 Å². The molecule has 1 aliphatic heterocycles. The number of para-hydroxylation sites is 1. The summed E-state index contributed by atoms with van der Waals surface area (Å²) in [5, 5.41) is 0. The van der Waals surface area contributed by atoms with Gasteiger partial charge in [0.15, 0.2) is 11.5 Å². The zero-order chi connectivity index (χ0) is 22.6. The van der Waals surface area contributed by atoms with Crippen LogP contribution < -0.4 is 14.4 Å². The smallest absolute Gasteiger partial charge is 0.162 e. The second-order valence-electron chi connectivity index (χ2n) is 8.31. The van der Waals surface area contributed by atoms with Gasteiger partial charge in [-0.15, -0.1) is 0 Å². The van der Waals surface area contributed by atoms with Crippen LogP contribution in [0.25, 0.3) is 17.2 Å². The van der Waals surface area contributed by atoms with Gasteiger partial charge in [-0.25, -0.2) is 0 Å². The molecule has 0 radical (unpaired) electrons. The third kappa shape index (κ3) is 4.35. The van der Waals surface area contributed by atoms with E-state index in [1.165, 1.54) is 22.4 Å². The molecule has 3 heteroatoms. The number of hydrogen-bond acceptors (Lipinski definition) is 3. The average molecular weight is 434 g/mol. The summed E-state index contributed by atoms with van der Waals surface area (Å²) in [4.78, 5) is 2.28. The van der Waals surface area contributed by atoms with Crippen molar-refractivity contribution in [2.45, 2.75) is 19.8 Å². The molecular weight excluding hydrogens is 406 g/mol. The first kappa shape index (κ1) is 20.9. The van der Waals surface area contributed by atoms with Gasteiger partial charge in [0.05, 0.1) is 5.69 Å². The topological polar surface area (TPSA) is 21.7 Å². The molecule has 0 amide bonds. The Hall–Kier alpha value is -3.98. The van der Waals surface area contributed by atoms with Crippen molar-refractivity contribution in [3.05, 3.63) is 120 Å². The predicted octanol–water partition coefficient (Wildman–Crippen LogP) is 7.10. The molecule has 4 aromatic rings. The van der Waals surface area contributed by atoms with Crippen LogP contribution in [0.15, 0.2) is 97.6 Å². The van der Waals surface area contributed by atoms with E-state index < -0.39 is 0 Å². The number of nitrogens with zero attached hydrogens (tertiary/aromatic N) is 1. The third-order valence-corrected chi connectivity index (χ3v) is 6.01. The van der Waals surface area contributed by atoms with Crippen LogP contribution in [-0.2, 0) is 19.8 Å². The fraction of sp³-hybridized carbons (Fsp3) is 0.133. The van der Waals surface area contributed by atoms with Gasteiger partial charge in [-0.2, -0.15) is 0 Å². The Morgan fingerprint density at radius 2 is 1.36 bits per heavy atom. The summed E-state index contributed by atoms with van der Waals surface area (Å²) >= 11 is 0. The molecule has 3 nitrogen and oxygen atoms in total. The second kappa shape index (κ2) is 9.25. The molecule has 0 bridgehead atoms. The standard InChI is InChI=1S/C30H27NO2/c1-3-24-15-10-16-26-27-18-29(33-21-23-13-8-5-9-14-23)28(17-25(27)19-31(2)30(24)26)32-20-22-11-6-4-7-12-22/h3-18H,1,19-21H2,2H3. The number of ether oxygens (including phenoxy) is 2. The monoisotopic (exact) mass is 433 g/mol. The van der Waals surface area contributed by atoms with Crippen LogP contribution in [-0.4, -0.2) is 7.05 Å². The quantitative estimate of drug-likeness (QED) is 0.310. The van der Waals surface area contributed by atoms with Crippen LogP contribution >= 0.6 is 0 Å². The number of rotatable bonds is 7. The van der Waals surface area contributed by atoms with Gasteiger partial charge in [-0.1, -0.05) is 91.5 Å². The van der Waals surface area contributed by atoms with E-state index >= 15 is 0 Å². The molecule has 0 unspecified atom stereocenters. The van der Waals surface area contributed by atoms with Crippen molar-refractivity contribution < 1.29 is 9.47 Å². The fourth-order valence-corrected chi connectivity index (χ4v) is 4.38. The van der Waals surface area contributed by atoms with Crippen molar-refractivity contribution >= 4 is 11.8 Å². The van der Waals surface area contributed by atoms with Crippen molar-refractivity contribution in [2.24, 2.45) is 0 Å². The van der Waals surface area contributed by atoms with E-state index in [1.54, 1.807) is 0 Å². The van der Waals surface area contributed by atoms with Gasteiger partial charge in [-0.3, -0.25) is 0 Å². The summed E-state index contributed by atoms with van der Waals surface area (Å²) in [5.41, 5.74) is 8.18. The first-order valence-electron chi connectivity index (χ1n) is 11.2. The van der Waals surface area contributed by atoms with Gasteiger partial charge < -0.3 is 14.4 Å². The minimum absolute atomic E-state index is 0.487. The van der Waals surface area contributed by atoms with Crippen molar-refractivity contribution in [2.75, 3.05) is 11.9 Å².